The average Bonchev–Trinajstić information content (AvgIpc) is 3.38. The molecule has 47 heavy (non-hydrogen) atoms. The Kier molecular flexibility index (Phi) is 14.9. The highest BCUT2D eigenvalue weighted by Gasteiger charge is 2.31. The normalized spacial score (nSPS) is 14.8. The number of carbonyl (C=O) groups excluding carboxylic acids is 2. The van der Waals surface area contributed by atoms with Crippen LogP contribution in [-0.4, -0.2) is 55.2 Å². The number of halogens is 2. The molecule has 1 saturated heterocycles. The number of nitrogens with two attached hydrogens (primary N) is 1. The lowest BCUT2D eigenvalue weighted by Gasteiger charge is -2.20. The minimum absolute atomic E-state index is 0.0682. The number of aryl methyl sites for hydroxylation is 1. The molecular weight excluding hydrogens is 664 g/mol. The molecule has 3 aromatic rings. The first-order valence-electron chi connectivity index (χ1n) is 14.4. The van der Waals surface area contributed by atoms with Crippen molar-refractivity contribution in [1.29, 1.82) is 0 Å². The molecule has 1 heterocycles. The Labute approximate surface area is 282 Å². The predicted octanol–water partition coefficient (Wildman–Crippen LogP) is 5.70. The van der Waals surface area contributed by atoms with Gasteiger partial charge >= 0.3 is 0 Å². The zero-order valence-electron chi connectivity index (χ0n) is 26.4. The third-order valence-corrected chi connectivity index (χ3v) is 7.85. The summed E-state index contributed by atoms with van der Waals surface area (Å²) in [6.07, 6.45) is 0.0231. The Morgan fingerprint density at radius 1 is 1.19 bits per heavy atom. The van der Waals surface area contributed by atoms with Crippen molar-refractivity contribution in [3.8, 4) is 5.75 Å². The lowest BCUT2D eigenvalue weighted by atomic mass is 10.1. The van der Waals surface area contributed by atoms with Gasteiger partial charge < -0.3 is 20.5 Å². The molecule has 250 valence electrons. The number of aliphatic imine (C=N–C) groups is 3. The van der Waals surface area contributed by atoms with Crippen molar-refractivity contribution in [2.75, 3.05) is 29.6 Å². The molecule has 3 N–H and O–H groups in total. The van der Waals surface area contributed by atoms with Crippen molar-refractivity contribution >= 4 is 82.3 Å². The van der Waals surface area contributed by atoms with Crippen LogP contribution in [-0.2, 0) is 20.9 Å². The summed E-state index contributed by atoms with van der Waals surface area (Å²) in [4.78, 5) is 36.2. The van der Waals surface area contributed by atoms with Crippen LogP contribution in [0.2, 0.25) is 0 Å². The quantitative estimate of drug-likeness (QED) is 0.107. The van der Waals surface area contributed by atoms with E-state index in [-0.39, 0.29) is 17.5 Å². The number of alkyl halides is 1. The van der Waals surface area contributed by atoms with Crippen molar-refractivity contribution in [3.05, 3.63) is 77.1 Å². The zero-order valence-corrected chi connectivity index (χ0v) is 29.6. The Morgan fingerprint density at radius 3 is 2.60 bits per heavy atom. The molecule has 0 radical (unpaired) electrons. The van der Waals surface area contributed by atoms with Gasteiger partial charge in [0.15, 0.2) is 16.7 Å². The minimum atomic E-state index is -1.68. The maximum atomic E-state index is 13.7. The fourth-order valence-corrected chi connectivity index (χ4v) is 5.51. The van der Waals surface area contributed by atoms with Crippen LogP contribution in [0, 0.1) is 18.7 Å². The summed E-state index contributed by atoms with van der Waals surface area (Å²) < 4.78 is 36.8. The largest absolute Gasteiger partial charge is 0.454 e. The number of thioether (sulfide) groups is 1. The van der Waals surface area contributed by atoms with Crippen LogP contribution >= 0.6 is 30.2 Å². The van der Waals surface area contributed by atoms with Crippen molar-refractivity contribution in [2.24, 2.45) is 26.6 Å². The SMILES string of the molecule is CNc1ccc(C(N)=NC=Nc2ccc(OC(F)P)c(F)c2)cc1P.Cc1ccc(COCC(C)C)c(N2C(=O)CSC2=NC=O)c1. The molecule has 0 spiro atoms. The van der Waals surface area contributed by atoms with Crippen LogP contribution in [0.25, 0.3) is 0 Å². The summed E-state index contributed by atoms with van der Waals surface area (Å²) in [6.45, 7) is 7.23. The molecule has 3 aromatic carbocycles. The highest BCUT2D eigenvalue weighted by Crippen LogP contribution is 2.31. The van der Waals surface area contributed by atoms with Gasteiger partial charge in [0, 0.05) is 36.5 Å². The number of hydrogen-bond acceptors (Lipinski definition) is 7. The highest BCUT2D eigenvalue weighted by molar-refractivity contribution is 8.15. The van der Waals surface area contributed by atoms with Crippen LogP contribution in [0.5, 0.6) is 5.75 Å². The maximum Gasteiger partial charge on any atom is 0.249 e. The second-order valence-corrected chi connectivity index (χ2v) is 12.6. The van der Waals surface area contributed by atoms with E-state index in [4.69, 9.17) is 10.5 Å². The first-order valence-corrected chi connectivity index (χ1v) is 16.6. The molecule has 0 aromatic heterocycles. The van der Waals surface area contributed by atoms with E-state index in [1.54, 1.807) is 9.24 Å². The lowest BCUT2D eigenvalue weighted by Crippen LogP contribution is -2.30. The van der Waals surface area contributed by atoms with E-state index in [2.05, 4.69) is 48.1 Å². The van der Waals surface area contributed by atoms with Gasteiger partial charge in [0.2, 0.25) is 18.4 Å². The summed E-state index contributed by atoms with van der Waals surface area (Å²) in [5, 5.41) is 4.43. The first kappa shape index (κ1) is 37.7. The van der Waals surface area contributed by atoms with E-state index in [1.165, 1.54) is 35.1 Å². The lowest BCUT2D eigenvalue weighted by molar-refractivity contribution is -0.115. The van der Waals surface area contributed by atoms with Gasteiger partial charge in [0.25, 0.3) is 0 Å². The number of amides is 2. The number of ether oxygens (including phenoxy) is 2. The smallest absolute Gasteiger partial charge is 0.249 e. The third-order valence-electron chi connectivity index (χ3n) is 6.29. The molecule has 1 aliphatic heterocycles. The molecule has 1 fully saturated rings. The summed E-state index contributed by atoms with van der Waals surface area (Å²) in [7, 11) is 6.22. The van der Waals surface area contributed by atoms with E-state index in [1.807, 2.05) is 50.4 Å². The van der Waals surface area contributed by atoms with Crippen molar-refractivity contribution in [3.63, 3.8) is 0 Å². The molecule has 3 unspecified atom stereocenters. The number of nitrogens with zero attached hydrogens (tertiary/aromatic N) is 4. The standard InChI is InChI=1S/C16H18F2N4OP2.C16H20N2O3S/c1-20-12-4-2-9(6-14(12)24)15(19)22-8-21-10-3-5-13(11(17)7-10)23-16(18)25;1-11(2)7-21-8-13-5-4-12(3)6-14(13)18-15(20)9-22-16(18)17-10-19/h2-8,16,20H,24-25H2,1H3,(H2,19,21,22);4-6,10-11H,7-9H2,1-3H3. The number of anilines is 2. The molecule has 3 atom stereocenters. The van der Waals surface area contributed by atoms with Crippen molar-refractivity contribution in [1.82, 2.24) is 0 Å². The molecule has 4 rings (SSSR count). The van der Waals surface area contributed by atoms with E-state index < -0.39 is 11.9 Å². The van der Waals surface area contributed by atoms with Gasteiger partial charge in [0.05, 0.1) is 23.7 Å². The average molecular weight is 703 g/mol. The first-order chi connectivity index (χ1) is 22.4. The summed E-state index contributed by atoms with van der Waals surface area (Å²) in [5.74, 6) is 0.0478. The van der Waals surface area contributed by atoms with Gasteiger partial charge in [-0.3, -0.25) is 14.5 Å². The van der Waals surface area contributed by atoms with Crippen LogP contribution in [0.3, 0.4) is 0 Å². The van der Waals surface area contributed by atoms with Gasteiger partial charge in [-0.05, 0) is 60.1 Å². The third kappa shape index (κ3) is 11.5. The molecule has 1 aliphatic rings. The number of nitrogens with one attached hydrogen (secondary N) is 1. The van der Waals surface area contributed by atoms with Gasteiger partial charge in [-0.1, -0.05) is 47.0 Å². The van der Waals surface area contributed by atoms with Crippen LogP contribution in [0.1, 0.15) is 30.5 Å². The van der Waals surface area contributed by atoms with Crippen LogP contribution in [0.4, 0.5) is 25.8 Å². The minimum Gasteiger partial charge on any atom is -0.454 e. The number of benzene rings is 3. The Balaban J connectivity index is 0.000000257. The molecular formula is C32H38F2N6O4P2S. The van der Waals surface area contributed by atoms with Crippen molar-refractivity contribution < 1.29 is 27.8 Å². The summed E-state index contributed by atoms with van der Waals surface area (Å²) in [6, 6.07) is 15.3. The number of rotatable bonds is 12. The van der Waals surface area contributed by atoms with Gasteiger partial charge in [-0.25, -0.2) is 14.4 Å². The van der Waals surface area contributed by atoms with E-state index in [9.17, 15) is 18.4 Å². The Bertz CT molecular complexity index is 1660. The van der Waals surface area contributed by atoms with Crippen LogP contribution in [0.15, 0.2) is 69.6 Å². The van der Waals surface area contributed by atoms with Crippen LogP contribution < -0.4 is 26.0 Å². The highest BCUT2D eigenvalue weighted by atomic mass is 32.2. The van der Waals surface area contributed by atoms with Gasteiger partial charge in [-0.15, -0.1) is 9.24 Å². The molecule has 0 aliphatic carbocycles. The topological polar surface area (TPSA) is 131 Å². The number of hydrogen-bond donors (Lipinski definition) is 2. The fraction of sp³-hybridized carbons (Fsp3) is 0.281. The zero-order chi connectivity index (χ0) is 34.5. The second kappa shape index (κ2) is 18.5. The van der Waals surface area contributed by atoms with E-state index >= 15 is 0 Å². The summed E-state index contributed by atoms with van der Waals surface area (Å²) in [5.41, 5.74) is 10.6. The fourth-order valence-electron chi connectivity index (χ4n) is 4.12. The molecule has 0 saturated carbocycles. The Morgan fingerprint density at radius 2 is 1.96 bits per heavy atom. The Hall–Kier alpha value is -3.76. The molecule has 15 heteroatoms. The molecule has 2 amide bonds. The second-order valence-electron chi connectivity index (χ2n) is 10.5. The number of amidine groups is 2. The van der Waals surface area contributed by atoms with Gasteiger partial charge in [-0.2, -0.15) is 9.38 Å². The van der Waals surface area contributed by atoms with Gasteiger partial charge in [0.1, 0.15) is 12.2 Å². The molecule has 0 bridgehead atoms. The summed E-state index contributed by atoms with van der Waals surface area (Å²) >= 11 is 1.28. The maximum absolute atomic E-state index is 13.7. The molecule has 10 nitrogen and oxygen atoms in total. The van der Waals surface area contributed by atoms with E-state index in [0.717, 1.165) is 39.4 Å². The van der Waals surface area contributed by atoms with Crippen molar-refractivity contribution in [2.45, 2.75) is 33.5 Å². The monoisotopic (exact) mass is 702 g/mol. The van der Waals surface area contributed by atoms with E-state index in [0.29, 0.717) is 42.1 Å². The number of carbonyl (C=O) groups is 2. The predicted molar refractivity (Wildman–Crippen MR) is 195 cm³/mol.